The van der Waals surface area contributed by atoms with Crippen LogP contribution in [0.25, 0.3) is 6.08 Å². The zero-order valence-electron chi connectivity index (χ0n) is 17.0. The number of aryl methyl sites for hydroxylation is 1. The number of piperazine rings is 1. The number of fused-ring (bicyclic) bond motifs is 1. The van der Waals surface area contributed by atoms with Crippen molar-refractivity contribution >= 4 is 17.5 Å². The smallest absolute Gasteiger partial charge is 0.143 e. The molecule has 2 N–H and O–H groups in total. The monoisotopic (exact) mass is 391 g/mol. The number of nitrogens with zero attached hydrogens (tertiary/aromatic N) is 2. The van der Waals surface area contributed by atoms with Gasteiger partial charge in [0.25, 0.3) is 0 Å². The number of hydrogen-bond acceptors (Lipinski definition) is 5. The van der Waals surface area contributed by atoms with E-state index in [4.69, 9.17) is 4.74 Å². The summed E-state index contributed by atoms with van der Waals surface area (Å²) in [6.07, 6.45) is 3.33. The Morgan fingerprint density at radius 2 is 1.90 bits per heavy atom. The maximum atomic E-state index is 10.5. The summed E-state index contributed by atoms with van der Waals surface area (Å²) in [5.41, 5.74) is 5.38. The SMILES string of the molecule is C=C1COc2cc(/C=C/[C@@H](O)CN3CCN(c4ccc(C)cc4)CC3)ccc2N1. The van der Waals surface area contributed by atoms with Gasteiger partial charge in [0.05, 0.1) is 11.8 Å². The fourth-order valence-corrected chi connectivity index (χ4v) is 3.75. The third-order valence-electron chi connectivity index (χ3n) is 5.45. The van der Waals surface area contributed by atoms with Crippen LogP contribution in [-0.2, 0) is 0 Å². The van der Waals surface area contributed by atoms with Crippen molar-refractivity contribution in [2.24, 2.45) is 0 Å². The molecule has 2 aliphatic heterocycles. The average Bonchev–Trinajstić information content (AvgIpc) is 2.73. The molecule has 152 valence electrons. The summed E-state index contributed by atoms with van der Waals surface area (Å²) in [6.45, 7) is 11.0. The number of hydrogen-bond donors (Lipinski definition) is 2. The molecule has 2 heterocycles. The van der Waals surface area contributed by atoms with Gasteiger partial charge in [-0.2, -0.15) is 0 Å². The van der Waals surface area contributed by atoms with E-state index in [0.29, 0.717) is 13.2 Å². The summed E-state index contributed by atoms with van der Waals surface area (Å²) in [5, 5.41) is 13.7. The van der Waals surface area contributed by atoms with Gasteiger partial charge in [0, 0.05) is 44.1 Å². The summed E-state index contributed by atoms with van der Waals surface area (Å²) in [6, 6.07) is 14.7. The molecule has 5 heteroatoms. The highest BCUT2D eigenvalue weighted by Gasteiger charge is 2.18. The summed E-state index contributed by atoms with van der Waals surface area (Å²) in [5.74, 6) is 0.821. The van der Waals surface area contributed by atoms with Crippen molar-refractivity contribution in [3.8, 4) is 5.75 Å². The van der Waals surface area contributed by atoms with Gasteiger partial charge in [-0.15, -0.1) is 0 Å². The van der Waals surface area contributed by atoms with Gasteiger partial charge in [-0.1, -0.05) is 42.5 Å². The third-order valence-corrected chi connectivity index (χ3v) is 5.45. The predicted molar refractivity (Wildman–Crippen MR) is 120 cm³/mol. The fraction of sp³-hybridized carbons (Fsp3) is 0.333. The molecule has 0 radical (unpaired) electrons. The van der Waals surface area contributed by atoms with Crippen LogP contribution in [0, 0.1) is 6.92 Å². The summed E-state index contributed by atoms with van der Waals surface area (Å²) < 4.78 is 5.69. The molecule has 1 atom stereocenters. The molecule has 1 saturated heterocycles. The molecular formula is C24H29N3O2. The first kappa shape index (κ1) is 19.6. The van der Waals surface area contributed by atoms with Crippen LogP contribution in [0.5, 0.6) is 5.75 Å². The highest BCUT2D eigenvalue weighted by molar-refractivity contribution is 5.66. The van der Waals surface area contributed by atoms with Crippen molar-refractivity contribution < 1.29 is 9.84 Å². The van der Waals surface area contributed by atoms with E-state index in [9.17, 15) is 5.11 Å². The lowest BCUT2D eigenvalue weighted by Gasteiger charge is -2.36. The lowest BCUT2D eigenvalue weighted by atomic mass is 10.1. The topological polar surface area (TPSA) is 48.0 Å². The van der Waals surface area contributed by atoms with Gasteiger partial charge in [0.1, 0.15) is 12.4 Å². The van der Waals surface area contributed by atoms with Crippen LogP contribution in [0.1, 0.15) is 11.1 Å². The number of aliphatic hydroxyl groups is 1. The summed E-state index contributed by atoms with van der Waals surface area (Å²) in [4.78, 5) is 4.74. The van der Waals surface area contributed by atoms with Crippen LogP contribution in [0.15, 0.2) is 60.8 Å². The molecule has 0 aliphatic carbocycles. The second-order valence-corrected chi connectivity index (χ2v) is 7.82. The molecule has 4 rings (SSSR count). The van der Waals surface area contributed by atoms with E-state index >= 15 is 0 Å². The molecule has 2 aromatic carbocycles. The van der Waals surface area contributed by atoms with Gasteiger partial charge in [-0.3, -0.25) is 4.90 Å². The molecule has 2 aromatic rings. The van der Waals surface area contributed by atoms with Crippen molar-refractivity contribution in [1.29, 1.82) is 0 Å². The molecule has 0 amide bonds. The number of aliphatic hydroxyl groups excluding tert-OH is 1. The Labute approximate surface area is 172 Å². The van der Waals surface area contributed by atoms with Gasteiger partial charge < -0.3 is 20.1 Å². The maximum Gasteiger partial charge on any atom is 0.143 e. The van der Waals surface area contributed by atoms with E-state index in [-0.39, 0.29) is 0 Å². The normalized spacial score (nSPS) is 18.3. The Kier molecular flexibility index (Phi) is 5.88. The number of ether oxygens (including phenoxy) is 1. The van der Waals surface area contributed by atoms with Crippen LogP contribution >= 0.6 is 0 Å². The largest absolute Gasteiger partial charge is 0.485 e. The molecule has 0 bridgehead atoms. The lowest BCUT2D eigenvalue weighted by molar-refractivity contribution is 0.142. The van der Waals surface area contributed by atoms with Gasteiger partial charge >= 0.3 is 0 Å². The lowest BCUT2D eigenvalue weighted by Crippen LogP contribution is -2.48. The Balaban J connectivity index is 1.27. The van der Waals surface area contributed by atoms with Crippen LogP contribution in [0.3, 0.4) is 0 Å². The minimum Gasteiger partial charge on any atom is -0.485 e. The molecule has 29 heavy (non-hydrogen) atoms. The Hall–Kier alpha value is -2.76. The number of rotatable bonds is 5. The maximum absolute atomic E-state index is 10.5. The van der Waals surface area contributed by atoms with Gasteiger partial charge in [0.2, 0.25) is 0 Å². The van der Waals surface area contributed by atoms with E-state index in [1.165, 1.54) is 11.3 Å². The van der Waals surface area contributed by atoms with E-state index in [1.54, 1.807) is 0 Å². The highest BCUT2D eigenvalue weighted by atomic mass is 16.5. The van der Waals surface area contributed by atoms with Crippen molar-refractivity contribution in [3.63, 3.8) is 0 Å². The standard InChI is InChI=1S/C24H29N3O2/c1-18-3-7-21(8-4-18)27-13-11-26(12-14-27)16-22(28)9-5-20-6-10-23-24(15-20)29-17-19(2)25-23/h3-10,15,22,25,28H,2,11-14,16-17H2,1H3/b9-5+/t22-/m1/s1. The Morgan fingerprint density at radius 3 is 2.66 bits per heavy atom. The second kappa shape index (κ2) is 8.72. The summed E-state index contributed by atoms with van der Waals surface area (Å²) in [7, 11) is 0. The van der Waals surface area contributed by atoms with Crippen molar-refractivity contribution in [1.82, 2.24) is 4.90 Å². The molecule has 2 aliphatic rings. The molecule has 0 saturated carbocycles. The Bertz CT molecular complexity index is 883. The van der Waals surface area contributed by atoms with E-state index < -0.39 is 6.10 Å². The first-order valence-corrected chi connectivity index (χ1v) is 10.2. The number of benzene rings is 2. The molecule has 0 unspecified atom stereocenters. The first-order chi connectivity index (χ1) is 14.1. The van der Waals surface area contributed by atoms with Crippen LogP contribution < -0.4 is 15.0 Å². The van der Waals surface area contributed by atoms with E-state index in [2.05, 4.69) is 52.9 Å². The minimum atomic E-state index is -0.490. The van der Waals surface area contributed by atoms with Crippen molar-refractivity contribution in [2.45, 2.75) is 13.0 Å². The second-order valence-electron chi connectivity index (χ2n) is 7.82. The van der Waals surface area contributed by atoms with Crippen LogP contribution in [-0.4, -0.2) is 55.4 Å². The Morgan fingerprint density at radius 1 is 1.14 bits per heavy atom. The van der Waals surface area contributed by atoms with Gasteiger partial charge in [-0.25, -0.2) is 0 Å². The molecular weight excluding hydrogens is 362 g/mol. The van der Waals surface area contributed by atoms with E-state index in [0.717, 1.165) is 48.9 Å². The van der Waals surface area contributed by atoms with Crippen molar-refractivity contribution in [2.75, 3.05) is 49.5 Å². The molecule has 5 nitrogen and oxygen atoms in total. The average molecular weight is 392 g/mol. The number of anilines is 2. The predicted octanol–water partition coefficient (Wildman–Crippen LogP) is 3.51. The zero-order chi connectivity index (χ0) is 20.2. The zero-order valence-corrected chi connectivity index (χ0v) is 17.0. The number of nitrogens with one attached hydrogen (secondary N) is 1. The molecule has 1 fully saturated rings. The van der Waals surface area contributed by atoms with Crippen LogP contribution in [0.4, 0.5) is 11.4 Å². The minimum absolute atomic E-state index is 0.483. The quantitative estimate of drug-likeness (QED) is 0.817. The van der Waals surface area contributed by atoms with Crippen molar-refractivity contribution in [3.05, 3.63) is 71.9 Å². The highest BCUT2D eigenvalue weighted by Crippen LogP contribution is 2.30. The molecule has 0 aromatic heterocycles. The first-order valence-electron chi connectivity index (χ1n) is 10.2. The summed E-state index contributed by atoms with van der Waals surface area (Å²) >= 11 is 0. The number of β-amino-alcohol motifs (C(OH)–C–C–N with tert-alkyl or cyclic N) is 1. The third kappa shape index (κ3) is 5.00. The van der Waals surface area contributed by atoms with Gasteiger partial charge in [0.15, 0.2) is 0 Å². The molecule has 0 spiro atoms. The van der Waals surface area contributed by atoms with Crippen LogP contribution in [0.2, 0.25) is 0 Å². The fourth-order valence-electron chi connectivity index (χ4n) is 3.75. The van der Waals surface area contributed by atoms with Gasteiger partial charge in [-0.05, 0) is 36.8 Å². The van der Waals surface area contributed by atoms with E-state index in [1.807, 2.05) is 30.4 Å².